The third-order valence-electron chi connectivity index (χ3n) is 5.61. The van der Waals surface area contributed by atoms with Crippen molar-refractivity contribution in [2.24, 2.45) is 0 Å². The lowest BCUT2D eigenvalue weighted by atomic mass is 9.95. The van der Waals surface area contributed by atoms with Gasteiger partial charge in [0.15, 0.2) is 0 Å². The predicted molar refractivity (Wildman–Crippen MR) is 125 cm³/mol. The van der Waals surface area contributed by atoms with Crippen LogP contribution in [0.1, 0.15) is 29.7 Å². The second kappa shape index (κ2) is 9.66. The zero-order valence-corrected chi connectivity index (χ0v) is 19.4. The van der Waals surface area contributed by atoms with E-state index in [1.165, 1.54) is 24.3 Å². The molecule has 1 atom stereocenters. The van der Waals surface area contributed by atoms with Gasteiger partial charge in [-0.1, -0.05) is 23.7 Å². The standard InChI is InChI=1S/C26H18ClF4NO4/c1-2-36-18-11-12-20(27)19(13-18)23(33)21-22(14-3-7-16(28)8-4-14)32(25(35)24(21)34)17-9-5-15(6-10-17)26(29,30)31/h3-13,22,33H,2H2,1H3/b23-21+. The van der Waals surface area contributed by atoms with Gasteiger partial charge in [0.05, 0.1) is 28.8 Å². The van der Waals surface area contributed by atoms with E-state index in [1.807, 2.05) is 0 Å². The van der Waals surface area contributed by atoms with Gasteiger partial charge in [0.25, 0.3) is 11.7 Å². The molecule has 0 saturated carbocycles. The van der Waals surface area contributed by atoms with Crippen LogP contribution < -0.4 is 9.64 Å². The molecule has 1 N–H and O–H groups in total. The number of Topliss-reactive ketones (excluding diaryl/α,β-unsaturated/α-hetero) is 1. The second-order valence-corrected chi connectivity index (χ2v) is 8.25. The molecule has 0 bridgehead atoms. The summed E-state index contributed by atoms with van der Waals surface area (Å²) in [5, 5.41) is 11.3. The summed E-state index contributed by atoms with van der Waals surface area (Å²) >= 11 is 6.27. The molecule has 0 aromatic heterocycles. The van der Waals surface area contributed by atoms with E-state index in [0.29, 0.717) is 12.4 Å². The smallest absolute Gasteiger partial charge is 0.416 e. The van der Waals surface area contributed by atoms with Crippen molar-refractivity contribution in [2.45, 2.75) is 19.1 Å². The number of alkyl halides is 3. The molecule has 4 rings (SSSR count). The first-order chi connectivity index (χ1) is 17.0. The van der Waals surface area contributed by atoms with E-state index in [2.05, 4.69) is 0 Å². The van der Waals surface area contributed by atoms with Gasteiger partial charge in [-0.2, -0.15) is 13.2 Å². The van der Waals surface area contributed by atoms with Gasteiger partial charge in [0.1, 0.15) is 17.3 Å². The van der Waals surface area contributed by atoms with Gasteiger partial charge in [0, 0.05) is 11.3 Å². The molecule has 1 unspecified atom stereocenters. The first-order valence-electron chi connectivity index (χ1n) is 10.7. The highest BCUT2D eigenvalue weighted by Crippen LogP contribution is 2.44. The SMILES string of the molecule is CCOc1ccc(Cl)c(/C(O)=C2\C(=O)C(=O)N(c3ccc(C(F)(F)F)cc3)C2c2ccc(F)cc2)c1. The topological polar surface area (TPSA) is 66.8 Å². The van der Waals surface area contributed by atoms with Crippen LogP contribution in [0.2, 0.25) is 5.02 Å². The third kappa shape index (κ3) is 4.66. The minimum atomic E-state index is -4.61. The number of hydrogen-bond donors (Lipinski definition) is 1. The molecule has 36 heavy (non-hydrogen) atoms. The van der Waals surface area contributed by atoms with E-state index in [-0.39, 0.29) is 27.4 Å². The van der Waals surface area contributed by atoms with Crippen molar-refractivity contribution < 1.29 is 37.0 Å². The summed E-state index contributed by atoms with van der Waals surface area (Å²) in [6.45, 7) is 2.06. The van der Waals surface area contributed by atoms with Gasteiger partial charge in [-0.25, -0.2) is 4.39 Å². The Hall–Kier alpha value is -3.85. The van der Waals surface area contributed by atoms with Crippen LogP contribution in [-0.4, -0.2) is 23.4 Å². The molecule has 3 aromatic rings. The fourth-order valence-corrected chi connectivity index (χ4v) is 4.16. The van der Waals surface area contributed by atoms with Gasteiger partial charge in [-0.15, -0.1) is 0 Å². The van der Waals surface area contributed by atoms with Crippen molar-refractivity contribution in [1.82, 2.24) is 0 Å². The van der Waals surface area contributed by atoms with Crippen LogP contribution in [-0.2, 0) is 15.8 Å². The van der Waals surface area contributed by atoms with E-state index in [4.69, 9.17) is 16.3 Å². The summed E-state index contributed by atoms with van der Waals surface area (Å²) < 4.78 is 58.3. The maximum absolute atomic E-state index is 13.6. The summed E-state index contributed by atoms with van der Waals surface area (Å²) in [6, 6.07) is 11.6. The fourth-order valence-electron chi connectivity index (χ4n) is 3.96. The minimum absolute atomic E-state index is 0.0140. The molecule has 0 radical (unpaired) electrons. The normalized spacial score (nSPS) is 17.5. The van der Waals surface area contributed by atoms with Crippen molar-refractivity contribution in [1.29, 1.82) is 0 Å². The molecular formula is C26H18ClF4NO4. The van der Waals surface area contributed by atoms with Crippen LogP contribution in [0.4, 0.5) is 23.2 Å². The number of ether oxygens (including phenoxy) is 1. The number of amides is 1. The van der Waals surface area contributed by atoms with Crippen LogP contribution >= 0.6 is 11.6 Å². The number of rotatable bonds is 5. The van der Waals surface area contributed by atoms with E-state index < -0.39 is 41.0 Å². The lowest BCUT2D eigenvalue weighted by molar-refractivity contribution is -0.137. The summed E-state index contributed by atoms with van der Waals surface area (Å²) in [7, 11) is 0. The van der Waals surface area contributed by atoms with Gasteiger partial charge < -0.3 is 9.84 Å². The lowest BCUT2D eigenvalue weighted by Crippen LogP contribution is -2.29. The first kappa shape index (κ1) is 25.2. The van der Waals surface area contributed by atoms with E-state index in [0.717, 1.165) is 41.3 Å². The Morgan fingerprint density at radius 2 is 1.67 bits per heavy atom. The van der Waals surface area contributed by atoms with Gasteiger partial charge in [-0.3, -0.25) is 14.5 Å². The highest BCUT2D eigenvalue weighted by molar-refractivity contribution is 6.52. The lowest BCUT2D eigenvalue weighted by Gasteiger charge is -2.26. The summed E-state index contributed by atoms with van der Waals surface area (Å²) in [4.78, 5) is 27.2. The zero-order valence-electron chi connectivity index (χ0n) is 18.6. The van der Waals surface area contributed by atoms with Crippen LogP contribution in [0.3, 0.4) is 0 Å². The van der Waals surface area contributed by atoms with Gasteiger partial charge in [0.2, 0.25) is 0 Å². The van der Waals surface area contributed by atoms with Crippen molar-refractivity contribution in [2.75, 3.05) is 11.5 Å². The van der Waals surface area contributed by atoms with Crippen molar-refractivity contribution in [3.8, 4) is 5.75 Å². The number of nitrogens with zero attached hydrogens (tertiary/aromatic N) is 1. The maximum Gasteiger partial charge on any atom is 0.416 e. The quantitative estimate of drug-likeness (QED) is 0.180. The largest absolute Gasteiger partial charge is 0.507 e. The van der Waals surface area contributed by atoms with E-state index in [1.54, 1.807) is 13.0 Å². The number of halogens is 5. The van der Waals surface area contributed by atoms with E-state index in [9.17, 15) is 32.3 Å². The first-order valence-corrected chi connectivity index (χ1v) is 11.1. The minimum Gasteiger partial charge on any atom is -0.507 e. The van der Waals surface area contributed by atoms with Crippen LogP contribution in [0.5, 0.6) is 5.75 Å². The Balaban J connectivity index is 1.92. The number of carbonyl (C=O) groups excluding carboxylic acids is 2. The number of aliphatic hydroxyl groups is 1. The molecule has 5 nitrogen and oxygen atoms in total. The molecular weight excluding hydrogens is 502 g/mol. The summed E-state index contributed by atoms with van der Waals surface area (Å²) in [6.07, 6.45) is -4.61. The molecule has 1 saturated heterocycles. The number of aliphatic hydroxyl groups excluding tert-OH is 1. The number of anilines is 1. The van der Waals surface area contributed by atoms with Crippen LogP contribution in [0.25, 0.3) is 5.76 Å². The zero-order chi connectivity index (χ0) is 26.2. The number of benzene rings is 3. The highest BCUT2D eigenvalue weighted by atomic mass is 35.5. The van der Waals surface area contributed by atoms with Gasteiger partial charge in [-0.05, 0) is 67.1 Å². The van der Waals surface area contributed by atoms with Crippen molar-refractivity contribution in [3.05, 3.63) is 99.8 Å². The number of hydrogen-bond acceptors (Lipinski definition) is 4. The van der Waals surface area contributed by atoms with Crippen molar-refractivity contribution in [3.63, 3.8) is 0 Å². The monoisotopic (exact) mass is 519 g/mol. The Morgan fingerprint density at radius 1 is 1.03 bits per heavy atom. The highest BCUT2D eigenvalue weighted by Gasteiger charge is 2.47. The molecule has 0 aliphatic carbocycles. The van der Waals surface area contributed by atoms with E-state index >= 15 is 0 Å². The third-order valence-corrected chi connectivity index (χ3v) is 5.94. The molecule has 3 aromatic carbocycles. The average Bonchev–Trinajstić information content (AvgIpc) is 3.10. The Morgan fingerprint density at radius 3 is 2.25 bits per heavy atom. The number of ketones is 1. The molecule has 1 aliphatic heterocycles. The van der Waals surface area contributed by atoms with Crippen LogP contribution in [0.15, 0.2) is 72.3 Å². The summed E-state index contributed by atoms with van der Waals surface area (Å²) in [5.41, 5.74) is -1.07. The maximum atomic E-state index is 13.6. The average molecular weight is 520 g/mol. The molecule has 0 spiro atoms. The number of carbonyl (C=O) groups is 2. The molecule has 10 heteroatoms. The molecule has 1 aliphatic rings. The summed E-state index contributed by atoms with van der Waals surface area (Å²) in [5.74, 6) is -3.01. The van der Waals surface area contributed by atoms with Crippen LogP contribution in [0, 0.1) is 5.82 Å². The predicted octanol–water partition coefficient (Wildman–Crippen LogP) is 6.52. The molecule has 1 fully saturated rings. The Kier molecular flexibility index (Phi) is 6.77. The Labute approximate surface area is 208 Å². The van der Waals surface area contributed by atoms with Gasteiger partial charge >= 0.3 is 6.18 Å². The van der Waals surface area contributed by atoms with Crippen molar-refractivity contribution >= 4 is 34.7 Å². The molecule has 1 heterocycles. The molecule has 1 amide bonds. The second-order valence-electron chi connectivity index (χ2n) is 7.84. The fraction of sp³-hybridized carbons (Fsp3) is 0.154. The Bertz CT molecular complexity index is 1350. The molecule has 186 valence electrons.